The Labute approximate surface area is 195 Å². The summed E-state index contributed by atoms with van der Waals surface area (Å²) in [6.07, 6.45) is 2.58. The molecule has 6 heteroatoms. The molecule has 3 aromatic rings. The van der Waals surface area contributed by atoms with Crippen LogP contribution in [0.2, 0.25) is 0 Å². The maximum atomic E-state index is 13.4. The molecule has 0 aliphatic rings. The fourth-order valence-corrected chi connectivity index (χ4v) is 4.01. The molecule has 0 radical (unpaired) electrons. The second-order valence-corrected chi connectivity index (χ2v) is 9.26. The second-order valence-electron chi connectivity index (χ2n) is 9.26. The molecule has 2 aromatic carbocycles. The quantitative estimate of drug-likeness (QED) is 0.472. The van der Waals surface area contributed by atoms with Crippen LogP contribution >= 0.6 is 0 Å². The van der Waals surface area contributed by atoms with Crippen molar-refractivity contribution in [3.8, 4) is 0 Å². The van der Waals surface area contributed by atoms with Gasteiger partial charge in [0.05, 0.1) is 17.4 Å². The van der Waals surface area contributed by atoms with Crippen LogP contribution in [0.15, 0.2) is 52.1 Å². The number of rotatable bonds is 10. The molecule has 3 rings (SSSR count). The number of hydrogen-bond acceptors (Lipinski definition) is 3. The van der Waals surface area contributed by atoms with Gasteiger partial charge in [0.1, 0.15) is 0 Å². The average molecular weight is 450 g/mol. The number of carbonyl (C=O) groups excluding carboxylic acids is 1. The Morgan fingerprint density at radius 2 is 1.76 bits per heavy atom. The zero-order valence-corrected chi connectivity index (χ0v) is 20.2. The topological polar surface area (TPSA) is 73.1 Å². The highest BCUT2D eigenvalue weighted by atomic mass is 16.2. The molecule has 1 heterocycles. The Morgan fingerprint density at radius 3 is 2.52 bits per heavy atom. The molecule has 176 valence electrons. The number of fused-ring (bicyclic) bond motifs is 1. The molecule has 1 amide bonds. The standard InChI is InChI=1S/C27H35N3O3/c1-19(2)14-15-28-25(31)11-7-8-16-29-26(32)23-9-5-6-10-24(23)30(27(29)33)18-22-17-20(3)12-13-21(22)4/h5-6,9-10,12-13,17,19H,7-8,11,14-16,18H2,1-4H3,(H,28,31). The number of hydrogen-bond donors (Lipinski definition) is 1. The number of nitrogens with one attached hydrogen (secondary N) is 1. The van der Waals surface area contributed by atoms with Gasteiger partial charge in [0, 0.05) is 19.5 Å². The third-order valence-corrected chi connectivity index (χ3v) is 6.04. The molecule has 0 bridgehead atoms. The lowest BCUT2D eigenvalue weighted by molar-refractivity contribution is -0.121. The monoisotopic (exact) mass is 449 g/mol. The van der Waals surface area contributed by atoms with Gasteiger partial charge in [-0.05, 0) is 62.3 Å². The van der Waals surface area contributed by atoms with Gasteiger partial charge in [0.15, 0.2) is 0 Å². The lowest BCUT2D eigenvalue weighted by Gasteiger charge is -2.16. The number of unbranched alkanes of at least 4 members (excludes halogenated alkanes) is 1. The number of para-hydroxylation sites is 1. The average Bonchev–Trinajstić information content (AvgIpc) is 2.78. The first kappa shape index (κ1) is 24.5. The summed E-state index contributed by atoms with van der Waals surface area (Å²) >= 11 is 0. The van der Waals surface area contributed by atoms with Crippen LogP contribution in [0.3, 0.4) is 0 Å². The lowest BCUT2D eigenvalue weighted by Crippen LogP contribution is -2.40. The van der Waals surface area contributed by atoms with Crippen LogP contribution in [-0.2, 0) is 17.9 Å². The zero-order chi connectivity index (χ0) is 24.0. The Balaban J connectivity index is 1.80. The Hall–Kier alpha value is -3.15. The number of nitrogens with zero attached hydrogens (tertiary/aromatic N) is 2. The molecule has 6 nitrogen and oxygen atoms in total. The van der Waals surface area contributed by atoms with Gasteiger partial charge < -0.3 is 5.32 Å². The first-order valence-electron chi connectivity index (χ1n) is 11.8. The Bertz CT molecular complexity index is 1240. The van der Waals surface area contributed by atoms with Crippen molar-refractivity contribution in [3.63, 3.8) is 0 Å². The van der Waals surface area contributed by atoms with Crippen LogP contribution in [0, 0.1) is 19.8 Å². The number of aromatic nitrogens is 2. The summed E-state index contributed by atoms with van der Waals surface area (Å²) in [7, 11) is 0. The number of carbonyl (C=O) groups is 1. The summed E-state index contributed by atoms with van der Waals surface area (Å²) in [5.41, 5.74) is 3.38. The van der Waals surface area contributed by atoms with E-state index in [1.54, 1.807) is 10.6 Å². The van der Waals surface area contributed by atoms with Gasteiger partial charge in [-0.1, -0.05) is 49.7 Å². The maximum Gasteiger partial charge on any atom is 0.331 e. The number of amides is 1. The highest BCUT2D eigenvalue weighted by Crippen LogP contribution is 2.15. The van der Waals surface area contributed by atoms with Gasteiger partial charge in [-0.3, -0.25) is 18.7 Å². The van der Waals surface area contributed by atoms with E-state index in [-0.39, 0.29) is 17.2 Å². The van der Waals surface area contributed by atoms with Crippen molar-refractivity contribution >= 4 is 16.8 Å². The van der Waals surface area contributed by atoms with Gasteiger partial charge in [-0.25, -0.2) is 4.79 Å². The van der Waals surface area contributed by atoms with Gasteiger partial charge in [0.2, 0.25) is 5.91 Å². The molecule has 1 N–H and O–H groups in total. The van der Waals surface area contributed by atoms with Gasteiger partial charge in [-0.15, -0.1) is 0 Å². The third-order valence-electron chi connectivity index (χ3n) is 6.04. The Morgan fingerprint density at radius 1 is 1.00 bits per heavy atom. The summed E-state index contributed by atoms with van der Waals surface area (Å²) < 4.78 is 3.02. The van der Waals surface area contributed by atoms with Crippen molar-refractivity contribution in [1.82, 2.24) is 14.5 Å². The summed E-state index contributed by atoms with van der Waals surface area (Å²) in [5.74, 6) is 0.574. The maximum absolute atomic E-state index is 13.4. The summed E-state index contributed by atoms with van der Waals surface area (Å²) in [6, 6.07) is 13.5. The predicted octanol–water partition coefficient (Wildman–Crippen LogP) is 4.16. The summed E-state index contributed by atoms with van der Waals surface area (Å²) in [6.45, 7) is 9.71. The van der Waals surface area contributed by atoms with E-state index in [1.165, 1.54) is 4.57 Å². The first-order chi connectivity index (χ1) is 15.8. The van der Waals surface area contributed by atoms with E-state index in [1.807, 2.05) is 32.0 Å². The largest absolute Gasteiger partial charge is 0.356 e. The zero-order valence-electron chi connectivity index (χ0n) is 20.2. The minimum atomic E-state index is -0.305. The second kappa shape index (κ2) is 11.1. The molecule has 0 unspecified atom stereocenters. The van der Waals surface area contributed by atoms with E-state index >= 15 is 0 Å². The number of benzene rings is 2. The van der Waals surface area contributed by atoms with Gasteiger partial charge in [0.25, 0.3) is 5.56 Å². The van der Waals surface area contributed by atoms with Crippen molar-refractivity contribution < 1.29 is 4.79 Å². The van der Waals surface area contributed by atoms with Crippen LogP contribution in [0.5, 0.6) is 0 Å². The van der Waals surface area contributed by atoms with Gasteiger partial charge >= 0.3 is 5.69 Å². The molecule has 0 aliphatic carbocycles. The molecule has 0 atom stereocenters. The normalized spacial score (nSPS) is 11.3. The minimum absolute atomic E-state index is 0.0221. The molecular weight excluding hydrogens is 414 g/mol. The molecule has 0 aliphatic heterocycles. The van der Waals surface area contributed by atoms with E-state index < -0.39 is 0 Å². The van der Waals surface area contributed by atoms with Gasteiger partial charge in [-0.2, -0.15) is 0 Å². The molecule has 0 spiro atoms. The van der Waals surface area contributed by atoms with Crippen molar-refractivity contribution in [2.75, 3.05) is 6.54 Å². The van der Waals surface area contributed by atoms with E-state index in [0.29, 0.717) is 55.7 Å². The molecule has 33 heavy (non-hydrogen) atoms. The van der Waals surface area contributed by atoms with Crippen LogP contribution in [-0.4, -0.2) is 21.6 Å². The predicted molar refractivity (Wildman–Crippen MR) is 134 cm³/mol. The summed E-state index contributed by atoms with van der Waals surface area (Å²) in [4.78, 5) is 38.5. The first-order valence-corrected chi connectivity index (χ1v) is 11.8. The molecule has 0 saturated carbocycles. The minimum Gasteiger partial charge on any atom is -0.356 e. The molecular formula is C27H35N3O3. The van der Waals surface area contributed by atoms with E-state index in [4.69, 9.17) is 0 Å². The SMILES string of the molecule is Cc1ccc(C)c(Cn2c(=O)n(CCCCC(=O)NCCC(C)C)c(=O)c3ccccc32)c1. The smallest absolute Gasteiger partial charge is 0.331 e. The van der Waals surface area contributed by atoms with Crippen LogP contribution in [0.25, 0.3) is 10.9 Å². The van der Waals surface area contributed by atoms with E-state index in [9.17, 15) is 14.4 Å². The molecule has 1 aromatic heterocycles. The number of aryl methyl sites for hydroxylation is 2. The molecule has 0 fully saturated rings. The highest BCUT2D eigenvalue weighted by molar-refractivity contribution is 5.78. The fraction of sp³-hybridized carbons (Fsp3) is 0.444. The van der Waals surface area contributed by atoms with E-state index in [0.717, 1.165) is 23.1 Å². The summed E-state index contributed by atoms with van der Waals surface area (Å²) in [5, 5.41) is 3.47. The lowest BCUT2D eigenvalue weighted by atomic mass is 10.1. The third kappa shape index (κ3) is 6.21. The van der Waals surface area contributed by atoms with Crippen molar-refractivity contribution in [1.29, 1.82) is 0 Å². The van der Waals surface area contributed by atoms with Crippen LogP contribution in [0.1, 0.15) is 56.2 Å². The van der Waals surface area contributed by atoms with E-state index in [2.05, 4.69) is 37.4 Å². The fourth-order valence-electron chi connectivity index (χ4n) is 4.01. The molecule has 0 saturated heterocycles. The highest BCUT2D eigenvalue weighted by Gasteiger charge is 2.14. The Kier molecular flexibility index (Phi) is 8.26. The van der Waals surface area contributed by atoms with Crippen LogP contribution < -0.4 is 16.6 Å². The van der Waals surface area contributed by atoms with Crippen molar-refractivity contribution in [2.45, 2.75) is 66.5 Å². The van der Waals surface area contributed by atoms with Crippen molar-refractivity contribution in [3.05, 3.63) is 80.0 Å². The van der Waals surface area contributed by atoms with Crippen LogP contribution in [0.4, 0.5) is 0 Å². The van der Waals surface area contributed by atoms with Crippen molar-refractivity contribution in [2.24, 2.45) is 5.92 Å².